The summed E-state index contributed by atoms with van der Waals surface area (Å²) in [7, 11) is 0. The number of carbonyl (C=O) groups is 1. The van der Waals surface area contributed by atoms with E-state index in [4.69, 9.17) is 5.11 Å². The smallest absolute Gasteiger partial charge is 0.306 e. The van der Waals surface area contributed by atoms with Crippen LogP contribution in [0.5, 0.6) is 0 Å². The van der Waals surface area contributed by atoms with E-state index in [1.54, 1.807) is 11.8 Å². The number of rotatable bonds is 6. The van der Waals surface area contributed by atoms with Gasteiger partial charge in [-0.15, -0.1) is 0 Å². The highest BCUT2D eigenvalue weighted by Crippen LogP contribution is 2.21. The van der Waals surface area contributed by atoms with Gasteiger partial charge in [-0.3, -0.25) is 4.79 Å². The molecule has 0 bridgehead atoms. The summed E-state index contributed by atoms with van der Waals surface area (Å²) >= 11 is 5.13. The van der Waals surface area contributed by atoms with Crippen molar-refractivity contribution in [1.29, 1.82) is 0 Å². The van der Waals surface area contributed by atoms with Crippen LogP contribution in [0.3, 0.4) is 0 Å². The molecule has 16 heavy (non-hydrogen) atoms. The van der Waals surface area contributed by atoms with Crippen LogP contribution < -0.4 is 0 Å². The summed E-state index contributed by atoms with van der Waals surface area (Å²) in [5, 5.41) is 9.13. The third-order valence-electron chi connectivity index (χ3n) is 2.44. The molecule has 0 amide bonds. The van der Waals surface area contributed by atoms with Crippen LogP contribution in [0.25, 0.3) is 0 Å². The lowest BCUT2D eigenvalue weighted by atomic mass is 9.97. The van der Waals surface area contributed by atoms with Gasteiger partial charge in [0.05, 0.1) is 5.92 Å². The zero-order valence-electron chi connectivity index (χ0n) is 9.15. The Morgan fingerprint density at radius 1 is 1.50 bits per heavy atom. The van der Waals surface area contributed by atoms with Crippen molar-refractivity contribution < 1.29 is 9.90 Å². The van der Waals surface area contributed by atoms with Crippen LogP contribution in [0.1, 0.15) is 12.0 Å². The van der Waals surface area contributed by atoms with Gasteiger partial charge < -0.3 is 5.11 Å². The quantitative estimate of drug-likeness (QED) is 0.874. The third-order valence-corrected chi connectivity index (χ3v) is 3.86. The van der Waals surface area contributed by atoms with Crippen molar-refractivity contribution in [2.45, 2.75) is 12.8 Å². The zero-order chi connectivity index (χ0) is 12.0. The van der Waals surface area contributed by atoms with Gasteiger partial charge in [0, 0.05) is 4.47 Å². The molecule has 2 nitrogen and oxygen atoms in total. The second-order valence-electron chi connectivity index (χ2n) is 3.61. The first-order valence-electron chi connectivity index (χ1n) is 5.10. The van der Waals surface area contributed by atoms with Crippen molar-refractivity contribution in [3.63, 3.8) is 0 Å². The van der Waals surface area contributed by atoms with E-state index >= 15 is 0 Å². The number of halogens is 1. The molecule has 0 heterocycles. The molecule has 1 aromatic carbocycles. The lowest BCUT2D eigenvalue weighted by Gasteiger charge is -2.12. The summed E-state index contributed by atoms with van der Waals surface area (Å²) in [6, 6.07) is 7.79. The Labute approximate surface area is 109 Å². The molecule has 0 aliphatic carbocycles. The molecular formula is C12H15BrO2S. The molecule has 88 valence electrons. The van der Waals surface area contributed by atoms with Gasteiger partial charge in [-0.25, -0.2) is 0 Å². The van der Waals surface area contributed by atoms with Gasteiger partial charge in [0.25, 0.3) is 0 Å². The fourth-order valence-corrected chi connectivity index (χ4v) is 2.47. The summed E-state index contributed by atoms with van der Waals surface area (Å²) < 4.78 is 0.991. The van der Waals surface area contributed by atoms with E-state index < -0.39 is 5.97 Å². The summed E-state index contributed by atoms with van der Waals surface area (Å²) in [5.74, 6) is -0.0996. The van der Waals surface area contributed by atoms with Gasteiger partial charge in [-0.05, 0) is 36.5 Å². The Kier molecular flexibility index (Phi) is 5.91. The third kappa shape index (κ3) is 4.18. The number of carboxylic acid groups (broad SMARTS) is 1. The minimum absolute atomic E-state index is 0.286. The molecule has 0 radical (unpaired) electrons. The van der Waals surface area contributed by atoms with Gasteiger partial charge in [0.2, 0.25) is 0 Å². The molecule has 4 heteroatoms. The number of aliphatic carboxylic acids is 1. The largest absolute Gasteiger partial charge is 0.481 e. The molecular weight excluding hydrogens is 288 g/mol. The van der Waals surface area contributed by atoms with Crippen LogP contribution >= 0.6 is 27.7 Å². The molecule has 0 aliphatic rings. The number of hydrogen-bond acceptors (Lipinski definition) is 2. The van der Waals surface area contributed by atoms with Gasteiger partial charge in [0.15, 0.2) is 0 Å². The lowest BCUT2D eigenvalue weighted by Crippen LogP contribution is -2.17. The molecule has 1 aromatic rings. The molecule has 0 aromatic heterocycles. The van der Waals surface area contributed by atoms with Crippen molar-refractivity contribution in [1.82, 2.24) is 0 Å². The van der Waals surface area contributed by atoms with Crippen molar-refractivity contribution in [3.05, 3.63) is 34.3 Å². The average molecular weight is 303 g/mol. The molecule has 0 aliphatic heterocycles. The van der Waals surface area contributed by atoms with E-state index in [-0.39, 0.29) is 5.92 Å². The second kappa shape index (κ2) is 6.97. The summed E-state index contributed by atoms with van der Waals surface area (Å²) in [6.07, 6.45) is 3.31. The fourth-order valence-electron chi connectivity index (χ4n) is 1.50. The molecule has 0 saturated carbocycles. The topological polar surface area (TPSA) is 37.3 Å². The second-order valence-corrected chi connectivity index (χ2v) is 5.45. The van der Waals surface area contributed by atoms with E-state index in [1.807, 2.05) is 30.5 Å². The van der Waals surface area contributed by atoms with E-state index in [0.717, 1.165) is 22.2 Å². The highest BCUT2D eigenvalue weighted by atomic mass is 79.9. The Hall–Kier alpha value is -0.480. The maximum atomic E-state index is 11.1. The van der Waals surface area contributed by atoms with Crippen LogP contribution in [0.15, 0.2) is 28.7 Å². The molecule has 1 atom stereocenters. The summed E-state index contributed by atoms with van der Waals surface area (Å²) in [5.41, 5.74) is 1.07. The van der Waals surface area contributed by atoms with Crippen LogP contribution in [-0.4, -0.2) is 23.1 Å². The van der Waals surface area contributed by atoms with Crippen LogP contribution in [0.2, 0.25) is 0 Å². The molecule has 0 fully saturated rings. The number of carboxylic acids is 1. The minimum atomic E-state index is -0.704. The van der Waals surface area contributed by atoms with Gasteiger partial charge in [-0.1, -0.05) is 34.1 Å². The minimum Gasteiger partial charge on any atom is -0.481 e. The van der Waals surface area contributed by atoms with E-state index in [0.29, 0.717) is 6.42 Å². The molecule has 1 unspecified atom stereocenters. The standard InChI is InChI=1S/C12H15BrO2S/c1-16-7-6-10(12(14)15)8-9-4-2-3-5-11(9)13/h2-5,10H,6-8H2,1H3,(H,14,15). The van der Waals surface area contributed by atoms with E-state index in [9.17, 15) is 4.79 Å². The maximum absolute atomic E-state index is 11.1. The Bertz CT molecular complexity index is 355. The Morgan fingerprint density at radius 3 is 2.75 bits per heavy atom. The van der Waals surface area contributed by atoms with Crippen LogP contribution in [-0.2, 0) is 11.2 Å². The van der Waals surface area contributed by atoms with Gasteiger partial charge in [0.1, 0.15) is 0 Å². The first-order chi connectivity index (χ1) is 7.65. The number of benzene rings is 1. The lowest BCUT2D eigenvalue weighted by molar-refractivity contribution is -0.141. The first kappa shape index (κ1) is 13.6. The summed E-state index contributed by atoms with van der Waals surface area (Å²) in [6.45, 7) is 0. The highest BCUT2D eigenvalue weighted by molar-refractivity contribution is 9.10. The predicted molar refractivity (Wildman–Crippen MR) is 72.0 cm³/mol. The molecule has 0 spiro atoms. The SMILES string of the molecule is CSCCC(Cc1ccccc1Br)C(=O)O. The zero-order valence-corrected chi connectivity index (χ0v) is 11.6. The van der Waals surface area contributed by atoms with Gasteiger partial charge >= 0.3 is 5.97 Å². The van der Waals surface area contributed by atoms with Crippen molar-refractivity contribution >= 4 is 33.7 Å². The van der Waals surface area contributed by atoms with E-state index in [2.05, 4.69) is 15.9 Å². The fraction of sp³-hybridized carbons (Fsp3) is 0.417. The Balaban J connectivity index is 2.68. The van der Waals surface area contributed by atoms with E-state index in [1.165, 1.54) is 0 Å². The van der Waals surface area contributed by atoms with Crippen molar-refractivity contribution in [2.24, 2.45) is 5.92 Å². The van der Waals surface area contributed by atoms with Crippen molar-refractivity contribution in [3.8, 4) is 0 Å². The Morgan fingerprint density at radius 2 is 2.19 bits per heavy atom. The van der Waals surface area contributed by atoms with Crippen LogP contribution in [0, 0.1) is 5.92 Å². The first-order valence-corrected chi connectivity index (χ1v) is 7.29. The predicted octanol–water partition coefficient (Wildman–Crippen LogP) is 3.45. The maximum Gasteiger partial charge on any atom is 0.306 e. The highest BCUT2D eigenvalue weighted by Gasteiger charge is 2.18. The molecule has 1 rings (SSSR count). The normalized spacial score (nSPS) is 12.4. The van der Waals surface area contributed by atoms with Gasteiger partial charge in [-0.2, -0.15) is 11.8 Å². The number of thioether (sulfide) groups is 1. The number of hydrogen-bond donors (Lipinski definition) is 1. The summed E-state index contributed by atoms with van der Waals surface area (Å²) in [4.78, 5) is 11.1. The van der Waals surface area contributed by atoms with Crippen molar-refractivity contribution in [2.75, 3.05) is 12.0 Å². The van der Waals surface area contributed by atoms with Crippen LogP contribution in [0.4, 0.5) is 0 Å². The average Bonchev–Trinajstić information content (AvgIpc) is 2.26. The monoisotopic (exact) mass is 302 g/mol. The molecule has 0 saturated heterocycles. The molecule has 1 N–H and O–H groups in total.